The van der Waals surface area contributed by atoms with Crippen LogP contribution in [0.3, 0.4) is 0 Å². The quantitative estimate of drug-likeness (QED) is 0.171. The van der Waals surface area contributed by atoms with Gasteiger partial charge in [0.2, 0.25) is 11.9 Å². The number of benzene rings is 2. The van der Waals surface area contributed by atoms with Crippen LogP contribution in [-0.2, 0) is 4.79 Å². The van der Waals surface area contributed by atoms with E-state index < -0.39 is 24.3 Å². The second-order valence-corrected chi connectivity index (χ2v) is 12.5. The predicted molar refractivity (Wildman–Crippen MR) is 175 cm³/mol. The number of rotatable bonds is 11. The maximum atomic E-state index is 12.4. The Kier molecular flexibility index (Phi) is 9.58. The van der Waals surface area contributed by atoms with Crippen molar-refractivity contribution in [2.24, 2.45) is 5.92 Å². The van der Waals surface area contributed by atoms with Crippen LogP contribution in [0.15, 0.2) is 67.0 Å². The van der Waals surface area contributed by atoms with Gasteiger partial charge in [-0.1, -0.05) is 80.9 Å². The number of hydrogen-bond donors (Lipinski definition) is 5. The number of imidazole rings is 1. The van der Waals surface area contributed by atoms with Gasteiger partial charge < -0.3 is 35.6 Å². The Labute approximate surface area is 264 Å². The van der Waals surface area contributed by atoms with E-state index in [0.717, 1.165) is 30.8 Å². The molecule has 1 aliphatic heterocycles. The molecule has 0 spiro atoms. The van der Waals surface area contributed by atoms with Crippen LogP contribution in [0, 0.1) is 5.92 Å². The minimum atomic E-state index is -1.11. The van der Waals surface area contributed by atoms with Gasteiger partial charge in [-0.3, -0.25) is 4.79 Å². The minimum Gasteiger partial charge on any atom is -0.388 e. The topological polar surface area (TPSA) is 140 Å². The molecule has 3 heterocycles. The molecule has 0 radical (unpaired) electrons. The van der Waals surface area contributed by atoms with Gasteiger partial charge in [0.05, 0.1) is 24.5 Å². The Balaban J connectivity index is 1.35. The molecule has 6 rings (SSSR count). The molecule has 0 unspecified atom stereocenters. The predicted octanol–water partition coefficient (Wildman–Crippen LogP) is 3.73. The van der Waals surface area contributed by atoms with Crippen molar-refractivity contribution >= 4 is 28.8 Å². The zero-order chi connectivity index (χ0) is 31.3. The Morgan fingerprint density at radius 3 is 2.24 bits per heavy atom. The summed E-state index contributed by atoms with van der Waals surface area (Å²) < 4.78 is 1.81. The fourth-order valence-corrected chi connectivity index (χ4v) is 6.41. The average Bonchev–Trinajstić information content (AvgIpc) is 3.61. The van der Waals surface area contributed by atoms with Crippen LogP contribution in [0.25, 0.3) is 11.2 Å². The molecule has 4 aromatic rings. The second kappa shape index (κ2) is 13.9. The molecule has 1 saturated heterocycles. The molecule has 238 valence electrons. The smallest absolute Gasteiger partial charge is 0.226 e. The number of nitrogens with one attached hydrogen (secondary N) is 3. The molecule has 11 heteroatoms. The fraction of sp³-hybridized carbons (Fsp3) is 0.471. The maximum Gasteiger partial charge on any atom is 0.226 e. The highest BCUT2D eigenvalue weighted by atomic mass is 16.3. The van der Waals surface area contributed by atoms with Gasteiger partial charge in [-0.05, 0) is 43.5 Å². The van der Waals surface area contributed by atoms with Crippen LogP contribution in [-0.4, -0.2) is 85.0 Å². The van der Waals surface area contributed by atoms with Crippen molar-refractivity contribution in [3.8, 4) is 0 Å². The summed E-state index contributed by atoms with van der Waals surface area (Å²) in [7, 11) is 0. The maximum absolute atomic E-state index is 12.4. The van der Waals surface area contributed by atoms with E-state index in [0.29, 0.717) is 35.9 Å². The number of piperidine rings is 1. The summed E-state index contributed by atoms with van der Waals surface area (Å²) in [5, 5.41) is 32.0. The monoisotopic (exact) mass is 612 g/mol. The number of nitrogens with zero attached hydrogens (tertiary/aromatic N) is 5. The first-order valence-electron chi connectivity index (χ1n) is 16.1. The number of aliphatic hydroxyl groups excluding tert-OH is 2. The second-order valence-electron chi connectivity index (χ2n) is 12.5. The Bertz CT molecular complexity index is 1520. The van der Waals surface area contributed by atoms with Crippen LogP contribution in [0.2, 0.25) is 0 Å². The van der Waals surface area contributed by atoms with E-state index in [1.54, 1.807) is 20.2 Å². The van der Waals surface area contributed by atoms with Gasteiger partial charge in [-0.15, -0.1) is 0 Å². The molecule has 0 bridgehead atoms. The molecule has 11 nitrogen and oxygen atoms in total. The summed E-state index contributed by atoms with van der Waals surface area (Å²) in [6, 6.07) is 19.1. The van der Waals surface area contributed by atoms with E-state index in [2.05, 4.69) is 45.1 Å². The van der Waals surface area contributed by atoms with E-state index in [1.165, 1.54) is 19.3 Å². The number of anilines is 2. The van der Waals surface area contributed by atoms with E-state index >= 15 is 0 Å². The molecule has 1 saturated carbocycles. The van der Waals surface area contributed by atoms with Gasteiger partial charge in [0.1, 0.15) is 12.2 Å². The molecule has 45 heavy (non-hydrogen) atoms. The van der Waals surface area contributed by atoms with Crippen LogP contribution in [0.1, 0.15) is 62.7 Å². The number of fused-ring (bicyclic) bond motifs is 1. The zero-order valence-electron chi connectivity index (χ0n) is 26.0. The highest BCUT2D eigenvalue weighted by Gasteiger charge is 2.44. The molecule has 5 N–H and O–H groups in total. The number of hydrogen-bond acceptors (Lipinski definition) is 9. The van der Waals surface area contributed by atoms with E-state index in [1.807, 2.05) is 41.0 Å². The summed E-state index contributed by atoms with van der Waals surface area (Å²) in [6.07, 6.45) is 3.51. The van der Waals surface area contributed by atoms with Crippen molar-refractivity contribution in [2.45, 2.75) is 69.9 Å². The van der Waals surface area contributed by atoms with Crippen molar-refractivity contribution in [1.29, 1.82) is 0 Å². The summed E-state index contributed by atoms with van der Waals surface area (Å²) in [6.45, 7) is 7.40. The van der Waals surface area contributed by atoms with Crippen LogP contribution in [0.4, 0.5) is 11.8 Å². The number of amides is 1. The third-order valence-electron chi connectivity index (χ3n) is 8.99. The van der Waals surface area contributed by atoms with Gasteiger partial charge in [-0.25, -0.2) is 4.98 Å². The van der Waals surface area contributed by atoms with Gasteiger partial charge in [0, 0.05) is 19.0 Å². The number of carbonyl (C=O) groups excluding carboxylic acids is 1. The summed E-state index contributed by atoms with van der Waals surface area (Å²) in [5.74, 6) is 0.629. The first-order valence-corrected chi connectivity index (χ1v) is 16.1. The molecule has 2 aromatic heterocycles. The lowest BCUT2D eigenvalue weighted by Crippen LogP contribution is -2.44. The van der Waals surface area contributed by atoms with E-state index in [-0.39, 0.29) is 17.9 Å². The molecule has 1 aliphatic carbocycles. The van der Waals surface area contributed by atoms with Crippen molar-refractivity contribution in [3.63, 3.8) is 0 Å². The van der Waals surface area contributed by atoms with Gasteiger partial charge in [0.25, 0.3) is 0 Å². The molecular formula is C34H44N8O3. The SMILES string of the molecule is CC(C)C(=O)N[C@H]1C[C@@H](n2cnc3c(NC(c4ccccc4)c4ccccc4)nc(NCCN4CCCCC4)nc32)[C@H](O)[C@@H]1O. The van der Waals surface area contributed by atoms with Crippen LogP contribution < -0.4 is 16.0 Å². The lowest BCUT2D eigenvalue weighted by molar-refractivity contribution is -0.125. The standard InChI is InChI=1S/C34H44N8O3/c1-22(2)33(45)37-25-20-26(30(44)29(25)43)42-21-36-28-31(38-27(23-12-6-3-7-13-23)24-14-8-4-9-15-24)39-34(40-32(28)42)35-16-19-41-17-10-5-11-18-41/h3-4,6-9,12-15,21-22,25-27,29-30,43-44H,5,10-11,16-20H2,1-2H3,(H,37,45)(H2,35,38,39,40)/t25-,26+,29+,30-/m0/s1. The molecular weight excluding hydrogens is 568 g/mol. The van der Waals surface area contributed by atoms with E-state index in [9.17, 15) is 15.0 Å². The minimum absolute atomic E-state index is 0.163. The number of aliphatic hydroxyl groups is 2. The number of carbonyl (C=O) groups is 1. The van der Waals surface area contributed by atoms with Gasteiger partial charge >= 0.3 is 0 Å². The van der Waals surface area contributed by atoms with Crippen molar-refractivity contribution in [2.75, 3.05) is 36.8 Å². The first kappa shape index (κ1) is 30.9. The third kappa shape index (κ3) is 6.95. The Morgan fingerprint density at radius 1 is 0.933 bits per heavy atom. The molecule has 2 aromatic carbocycles. The molecule has 2 aliphatic rings. The summed E-state index contributed by atoms with van der Waals surface area (Å²) in [5.41, 5.74) is 3.25. The highest BCUT2D eigenvalue weighted by molar-refractivity contribution is 5.85. The molecule has 4 atom stereocenters. The highest BCUT2D eigenvalue weighted by Crippen LogP contribution is 2.36. The van der Waals surface area contributed by atoms with E-state index in [4.69, 9.17) is 15.0 Å². The van der Waals surface area contributed by atoms with Crippen molar-refractivity contribution in [3.05, 3.63) is 78.1 Å². The molecule has 1 amide bonds. The molecule has 2 fully saturated rings. The number of aromatic nitrogens is 4. The van der Waals surface area contributed by atoms with Gasteiger partial charge in [-0.2, -0.15) is 9.97 Å². The Hall–Kier alpha value is -4.06. The van der Waals surface area contributed by atoms with Crippen LogP contribution >= 0.6 is 0 Å². The van der Waals surface area contributed by atoms with Crippen LogP contribution in [0.5, 0.6) is 0 Å². The Morgan fingerprint density at radius 2 is 1.60 bits per heavy atom. The normalized spacial score (nSPS) is 22.3. The lowest BCUT2D eigenvalue weighted by atomic mass is 9.99. The lowest BCUT2D eigenvalue weighted by Gasteiger charge is -2.26. The zero-order valence-corrected chi connectivity index (χ0v) is 26.0. The van der Waals surface area contributed by atoms with Crippen molar-refractivity contribution in [1.82, 2.24) is 29.7 Å². The van der Waals surface area contributed by atoms with Gasteiger partial charge in [0.15, 0.2) is 17.0 Å². The number of likely N-dealkylation sites (tertiary alicyclic amines) is 1. The van der Waals surface area contributed by atoms with Crippen molar-refractivity contribution < 1.29 is 15.0 Å². The summed E-state index contributed by atoms with van der Waals surface area (Å²) >= 11 is 0. The average molecular weight is 613 g/mol. The first-order chi connectivity index (χ1) is 21.9. The summed E-state index contributed by atoms with van der Waals surface area (Å²) in [4.78, 5) is 29.4. The largest absolute Gasteiger partial charge is 0.388 e. The third-order valence-corrected chi connectivity index (χ3v) is 8.99. The fourth-order valence-electron chi connectivity index (χ4n) is 6.41.